The van der Waals surface area contributed by atoms with Crippen molar-refractivity contribution in [2.24, 2.45) is 0 Å². The zero-order valence-electron chi connectivity index (χ0n) is 7.65. The van der Waals surface area contributed by atoms with Crippen molar-refractivity contribution in [3.05, 3.63) is 23.5 Å². The number of anilines is 2. The van der Waals surface area contributed by atoms with E-state index in [0.717, 1.165) is 30.9 Å². The van der Waals surface area contributed by atoms with Gasteiger partial charge >= 0.3 is 0 Å². The van der Waals surface area contributed by atoms with Crippen LogP contribution >= 0.6 is 0 Å². The Morgan fingerprint density at radius 1 is 1.15 bits per heavy atom. The maximum absolute atomic E-state index is 13.2. The molecule has 0 saturated carbocycles. The van der Waals surface area contributed by atoms with E-state index in [1.54, 1.807) is 13.0 Å². The highest BCUT2D eigenvalue weighted by atomic mass is 19.1. The van der Waals surface area contributed by atoms with Crippen LogP contribution in [0.4, 0.5) is 15.8 Å². The van der Waals surface area contributed by atoms with Crippen molar-refractivity contribution in [3.8, 4) is 0 Å². The first-order valence-corrected chi connectivity index (χ1v) is 4.55. The molecule has 0 spiro atoms. The molecule has 0 unspecified atom stereocenters. The largest absolute Gasteiger partial charge is 0.383 e. The zero-order chi connectivity index (χ0) is 9.26. The highest BCUT2D eigenvalue weighted by Gasteiger charge is 2.08. The summed E-state index contributed by atoms with van der Waals surface area (Å²) in [5, 5.41) is 6.45. The molecule has 13 heavy (non-hydrogen) atoms. The SMILES string of the molecule is Cc1cc2c(cc1F)NCCCN2. The van der Waals surface area contributed by atoms with Gasteiger partial charge in [-0.25, -0.2) is 4.39 Å². The summed E-state index contributed by atoms with van der Waals surface area (Å²) in [6, 6.07) is 3.41. The van der Waals surface area contributed by atoms with E-state index < -0.39 is 0 Å². The minimum Gasteiger partial charge on any atom is -0.383 e. The second-order valence-corrected chi connectivity index (χ2v) is 3.35. The Bertz CT molecular complexity index is 292. The highest BCUT2D eigenvalue weighted by Crippen LogP contribution is 2.26. The van der Waals surface area contributed by atoms with Crippen LogP contribution in [0, 0.1) is 12.7 Å². The smallest absolute Gasteiger partial charge is 0.128 e. The number of hydrogen-bond donors (Lipinski definition) is 2. The molecule has 1 aliphatic heterocycles. The molecule has 1 aromatic rings. The molecule has 0 saturated heterocycles. The van der Waals surface area contributed by atoms with E-state index in [4.69, 9.17) is 0 Å². The van der Waals surface area contributed by atoms with Gasteiger partial charge in [0.2, 0.25) is 0 Å². The number of hydrogen-bond acceptors (Lipinski definition) is 2. The lowest BCUT2D eigenvalue weighted by molar-refractivity contribution is 0.619. The Hall–Kier alpha value is -1.25. The van der Waals surface area contributed by atoms with Crippen LogP contribution in [0.3, 0.4) is 0 Å². The van der Waals surface area contributed by atoms with E-state index in [1.807, 2.05) is 6.07 Å². The van der Waals surface area contributed by atoms with Gasteiger partial charge in [0.25, 0.3) is 0 Å². The fraction of sp³-hybridized carbons (Fsp3) is 0.400. The molecule has 1 heterocycles. The maximum atomic E-state index is 13.2. The van der Waals surface area contributed by atoms with Crippen molar-refractivity contribution < 1.29 is 4.39 Å². The van der Waals surface area contributed by atoms with Crippen LogP contribution in [0.25, 0.3) is 0 Å². The summed E-state index contributed by atoms with van der Waals surface area (Å²) in [7, 11) is 0. The normalized spacial score (nSPS) is 15.2. The van der Waals surface area contributed by atoms with Gasteiger partial charge in [-0.3, -0.25) is 0 Å². The fourth-order valence-corrected chi connectivity index (χ4v) is 1.51. The molecular formula is C10H13FN2. The predicted octanol–water partition coefficient (Wildman–Crippen LogP) is 2.36. The van der Waals surface area contributed by atoms with E-state index >= 15 is 0 Å². The molecule has 0 fully saturated rings. The predicted molar refractivity (Wildman–Crippen MR) is 52.7 cm³/mol. The molecule has 0 aliphatic carbocycles. The lowest BCUT2D eigenvalue weighted by Crippen LogP contribution is -2.01. The van der Waals surface area contributed by atoms with Gasteiger partial charge < -0.3 is 10.6 Å². The van der Waals surface area contributed by atoms with Crippen LogP contribution in [0.5, 0.6) is 0 Å². The summed E-state index contributed by atoms with van der Waals surface area (Å²) < 4.78 is 13.2. The van der Waals surface area contributed by atoms with Gasteiger partial charge in [-0.2, -0.15) is 0 Å². The van der Waals surface area contributed by atoms with E-state index in [1.165, 1.54) is 0 Å². The highest BCUT2D eigenvalue weighted by molar-refractivity contribution is 5.70. The van der Waals surface area contributed by atoms with Crippen molar-refractivity contribution >= 4 is 11.4 Å². The molecule has 2 nitrogen and oxygen atoms in total. The van der Waals surface area contributed by atoms with Gasteiger partial charge in [-0.05, 0) is 31.0 Å². The maximum Gasteiger partial charge on any atom is 0.128 e. The van der Waals surface area contributed by atoms with Crippen molar-refractivity contribution in [2.75, 3.05) is 23.7 Å². The third-order valence-corrected chi connectivity index (χ3v) is 2.28. The van der Waals surface area contributed by atoms with Gasteiger partial charge in [0.15, 0.2) is 0 Å². The average molecular weight is 180 g/mol. The molecule has 70 valence electrons. The Balaban J connectivity index is 2.43. The van der Waals surface area contributed by atoms with Gasteiger partial charge in [0.05, 0.1) is 11.4 Å². The monoisotopic (exact) mass is 180 g/mol. The first-order valence-electron chi connectivity index (χ1n) is 4.55. The van der Waals surface area contributed by atoms with Crippen LogP contribution in [0.2, 0.25) is 0 Å². The fourth-order valence-electron chi connectivity index (χ4n) is 1.51. The third-order valence-electron chi connectivity index (χ3n) is 2.28. The molecular weight excluding hydrogens is 167 g/mol. The van der Waals surface area contributed by atoms with Gasteiger partial charge in [0, 0.05) is 13.1 Å². The van der Waals surface area contributed by atoms with Gasteiger partial charge in [0.1, 0.15) is 5.82 Å². The summed E-state index contributed by atoms with van der Waals surface area (Å²) in [5.74, 6) is -0.144. The third kappa shape index (κ3) is 1.59. The van der Waals surface area contributed by atoms with Crippen molar-refractivity contribution in [1.29, 1.82) is 0 Å². The minimum atomic E-state index is -0.144. The summed E-state index contributed by atoms with van der Waals surface area (Å²) in [5.41, 5.74) is 2.58. The van der Waals surface area contributed by atoms with Crippen LogP contribution < -0.4 is 10.6 Å². The number of halogens is 1. The summed E-state index contributed by atoms with van der Waals surface area (Å²) in [6.45, 7) is 3.63. The molecule has 0 aromatic heterocycles. The molecule has 0 amide bonds. The minimum absolute atomic E-state index is 0.144. The quantitative estimate of drug-likeness (QED) is 0.640. The molecule has 1 aromatic carbocycles. The van der Waals surface area contributed by atoms with E-state index in [-0.39, 0.29) is 5.82 Å². The number of benzene rings is 1. The second kappa shape index (κ2) is 3.24. The average Bonchev–Trinajstić information content (AvgIpc) is 2.31. The van der Waals surface area contributed by atoms with Gasteiger partial charge in [-0.15, -0.1) is 0 Å². The summed E-state index contributed by atoms with van der Waals surface area (Å²) >= 11 is 0. The number of aryl methyl sites for hydroxylation is 1. The van der Waals surface area contributed by atoms with Crippen LogP contribution in [-0.2, 0) is 0 Å². The molecule has 0 bridgehead atoms. The Kier molecular flexibility index (Phi) is 2.08. The number of rotatable bonds is 0. The molecule has 2 N–H and O–H groups in total. The Morgan fingerprint density at radius 3 is 2.46 bits per heavy atom. The Morgan fingerprint density at radius 2 is 1.77 bits per heavy atom. The molecule has 2 rings (SSSR count). The molecule has 1 aliphatic rings. The van der Waals surface area contributed by atoms with E-state index in [2.05, 4.69) is 10.6 Å². The van der Waals surface area contributed by atoms with Crippen molar-refractivity contribution in [3.63, 3.8) is 0 Å². The van der Waals surface area contributed by atoms with E-state index in [0.29, 0.717) is 5.56 Å². The topological polar surface area (TPSA) is 24.1 Å². The standard InChI is InChI=1S/C10H13FN2/c1-7-5-9-10(6-8(7)11)13-4-2-3-12-9/h5-6,12-13H,2-4H2,1H3. The lowest BCUT2D eigenvalue weighted by Gasteiger charge is -2.09. The van der Waals surface area contributed by atoms with Crippen molar-refractivity contribution in [2.45, 2.75) is 13.3 Å². The lowest BCUT2D eigenvalue weighted by atomic mass is 10.2. The first-order chi connectivity index (χ1) is 6.27. The molecule has 3 heteroatoms. The summed E-state index contributed by atoms with van der Waals surface area (Å²) in [6.07, 6.45) is 1.06. The van der Waals surface area contributed by atoms with E-state index in [9.17, 15) is 4.39 Å². The number of nitrogens with one attached hydrogen (secondary N) is 2. The van der Waals surface area contributed by atoms with Crippen molar-refractivity contribution in [1.82, 2.24) is 0 Å². The number of fused-ring (bicyclic) bond motifs is 1. The van der Waals surface area contributed by atoms with Crippen LogP contribution in [0.1, 0.15) is 12.0 Å². The Labute approximate surface area is 77.2 Å². The summed E-state index contributed by atoms with van der Waals surface area (Å²) in [4.78, 5) is 0. The van der Waals surface area contributed by atoms with Crippen LogP contribution in [0.15, 0.2) is 12.1 Å². The molecule has 0 atom stereocenters. The first kappa shape index (κ1) is 8.35. The molecule has 0 radical (unpaired) electrons. The van der Waals surface area contributed by atoms with Crippen LogP contribution in [-0.4, -0.2) is 13.1 Å². The van der Waals surface area contributed by atoms with Gasteiger partial charge in [-0.1, -0.05) is 0 Å². The zero-order valence-corrected chi connectivity index (χ0v) is 7.65. The second-order valence-electron chi connectivity index (χ2n) is 3.35.